The van der Waals surface area contributed by atoms with Crippen LogP contribution in [-0.4, -0.2) is 31.4 Å². The first-order chi connectivity index (χ1) is 15.1. The maximum atomic E-state index is 12.2. The van der Waals surface area contributed by atoms with Crippen molar-refractivity contribution < 1.29 is 23.5 Å². The van der Waals surface area contributed by atoms with Gasteiger partial charge in [0.25, 0.3) is 0 Å². The van der Waals surface area contributed by atoms with Gasteiger partial charge in [0, 0.05) is 24.1 Å². The van der Waals surface area contributed by atoms with Crippen LogP contribution in [0.25, 0.3) is 17.4 Å². The quantitative estimate of drug-likeness (QED) is 0.582. The molecule has 7 nitrogen and oxygen atoms in total. The Bertz CT molecular complexity index is 1120. The molecule has 4 rings (SSSR count). The molecule has 1 unspecified atom stereocenters. The fraction of sp³-hybridized carbons (Fsp3) is 0.250. The molecule has 31 heavy (non-hydrogen) atoms. The third-order valence-electron chi connectivity index (χ3n) is 5.02. The van der Waals surface area contributed by atoms with Gasteiger partial charge in [0.2, 0.25) is 5.91 Å². The van der Waals surface area contributed by atoms with Crippen molar-refractivity contribution in [2.75, 3.05) is 14.2 Å². The molecule has 2 heterocycles. The van der Waals surface area contributed by atoms with E-state index in [4.69, 9.17) is 18.7 Å². The lowest BCUT2D eigenvalue weighted by molar-refractivity contribution is -0.116. The standard InChI is InChI=1S/C24H24N2O5/c1-15-10-18-12-17(6-8-20(18)30-15)22-13-19(26-31-22)14-25-24(27)9-5-16-4-7-21(28-2)23(11-16)29-3/h4-9,11-13,15H,10,14H2,1-3H3,(H,25,27)/b9-5-. The van der Waals surface area contributed by atoms with E-state index in [-0.39, 0.29) is 18.6 Å². The zero-order valence-corrected chi connectivity index (χ0v) is 17.7. The van der Waals surface area contributed by atoms with Crippen molar-refractivity contribution in [2.45, 2.75) is 26.0 Å². The van der Waals surface area contributed by atoms with Crippen molar-refractivity contribution in [3.63, 3.8) is 0 Å². The van der Waals surface area contributed by atoms with Gasteiger partial charge in [-0.15, -0.1) is 0 Å². The molecule has 3 aromatic rings. The van der Waals surface area contributed by atoms with Crippen LogP contribution in [0, 0.1) is 0 Å². The van der Waals surface area contributed by atoms with E-state index in [9.17, 15) is 4.79 Å². The Balaban J connectivity index is 1.35. The van der Waals surface area contributed by atoms with Crippen molar-refractivity contribution in [3.8, 4) is 28.6 Å². The summed E-state index contributed by atoms with van der Waals surface area (Å²) < 4.78 is 21.7. The highest BCUT2D eigenvalue weighted by Crippen LogP contribution is 2.33. The largest absolute Gasteiger partial charge is 0.493 e. The Labute approximate surface area is 180 Å². The molecule has 0 bridgehead atoms. The average Bonchev–Trinajstić information content (AvgIpc) is 3.41. The van der Waals surface area contributed by atoms with E-state index in [1.165, 1.54) is 6.08 Å². The van der Waals surface area contributed by atoms with Gasteiger partial charge < -0.3 is 24.1 Å². The number of nitrogens with one attached hydrogen (secondary N) is 1. The Morgan fingerprint density at radius 1 is 1.16 bits per heavy atom. The maximum Gasteiger partial charge on any atom is 0.244 e. The molecule has 0 aliphatic carbocycles. The molecule has 0 saturated carbocycles. The highest BCUT2D eigenvalue weighted by atomic mass is 16.5. The second-order valence-corrected chi connectivity index (χ2v) is 7.30. The highest BCUT2D eigenvalue weighted by Gasteiger charge is 2.20. The van der Waals surface area contributed by atoms with E-state index in [0.717, 1.165) is 28.9 Å². The van der Waals surface area contributed by atoms with E-state index in [0.29, 0.717) is 23.0 Å². The molecule has 1 aromatic heterocycles. The molecule has 1 N–H and O–H groups in total. The van der Waals surface area contributed by atoms with Crippen molar-refractivity contribution in [2.24, 2.45) is 0 Å². The summed E-state index contributed by atoms with van der Waals surface area (Å²) >= 11 is 0. The topological polar surface area (TPSA) is 82.8 Å². The lowest BCUT2D eigenvalue weighted by atomic mass is 10.1. The minimum atomic E-state index is -0.233. The van der Waals surface area contributed by atoms with Gasteiger partial charge in [-0.05, 0) is 54.5 Å². The fourth-order valence-corrected chi connectivity index (χ4v) is 3.47. The molecule has 0 spiro atoms. The number of amides is 1. The molecular weight excluding hydrogens is 396 g/mol. The second kappa shape index (κ2) is 8.95. The molecule has 0 radical (unpaired) electrons. The van der Waals surface area contributed by atoms with Crippen molar-refractivity contribution in [1.29, 1.82) is 0 Å². The molecule has 160 valence electrons. The van der Waals surface area contributed by atoms with E-state index in [1.807, 2.05) is 24.3 Å². The van der Waals surface area contributed by atoms with Crippen molar-refractivity contribution >= 4 is 12.0 Å². The first kappa shape index (κ1) is 20.5. The summed E-state index contributed by atoms with van der Waals surface area (Å²) in [6.45, 7) is 2.32. The summed E-state index contributed by atoms with van der Waals surface area (Å²) in [7, 11) is 3.15. The Hall–Kier alpha value is -3.74. The van der Waals surface area contributed by atoms with E-state index < -0.39 is 0 Å². The van der Waals surface area contributed by atoms with Gasteiger partial charge in [0.1, 0.15) is 17.5 Å². The van der Waals surface area contributed by atoms with Crippen LogP contribution in [0.2, 0.25) is 0 Å². The zero-order chi connectivity index (χ0) is 21.8. The minimum Gasteiger partial charge on any atom is -0.493 e. The van der Waals surface area contributed by atoms with Gasteiger partial charge in [0.15, 0.2) is 17.3 Å². The smallest absolute Gasteiger partial charge is 0.244 e. The van der Waals surface area contributed by atoms with Crippen LogP contribution in [0.3, 0.4) is 0 Å². The number of rotatable bonds is 7. The predicted molar refractivity (Wildman–Crippen MR) is 116 cm³/mol. The van der Waals surface area contributed by atoms with Crippen molar-refractivity contribution in [3.05, 3.63) is 65.4 Å². The van der Waals surface area contributed by atoms with Crippen molar-refractivity contribution in [1.82, 2.24) is 10.5 Å². The van der Waals surface area contributed by atoms with Crippen LogP contribution in [0.5, 0.6) is 17.2 Å². The number of nitrogens with zero attached hydrogens (tertiary/aromatic N) is 1. The summed E-state index contributed by atoms with van der Waals surface area (Å²) in [4.78, 5) is 12.2. The summed E-state index contributed by atoms with van der Waals surface area (Å²) in [5.41, 5.74) is 3.57. The lowest BCUT2D eigenvalue weighted by Gasteiger charge is -2.07. The number of carbonyl (C=O) groups is 1. The number of fused-ring (bicyclic) bond motifs is 1. The molecule has 1 atom stereocenters. The third-order valence-corrected chi connectivity index (χ3v) is 5.02. The molecule has 7 heteroatoms. The fourth-order valence-electron chi connectivity index (χ4n) is 3.47. The summed E-state index contributed by atoms with van der Waals surface area (Å²) in [6, 6.07) is 13.2. The third kappa shape index (κ3) is 4.71. The molecule has 0 fully saturated rings. The molecule has 1 amide bonds. The van der Waals surface area contributed by atoms with E-state index in [1.54, 1.807) is 32.4 Å². The van der Waals surface area contributed by atoms with E-state index in [2.05, 4.69) is 23.5 Å². The number of ether oxygens (including phenoxy) is 3. The Kier molecular flexibility index (Phi) is 5.93. The van der Waals surface area contributed by atoms with Gasteiger partial charge in [-0.1, -0.05) is 11.2 Å². The normalized spacial score (nSPS) is 14.9. The van der Waals surface area contributed by atoms with Crippen LogP contribution < -0.4 is 19.5 Å². The van der Waals surface area contributed by atoms with Gasteiger partial charge in [-0.25, -0.2) is 0 Å². The SMILES string of the molecule is COc1ccc(/C=C\C(=O)NCc2cc(-c3ccc4c(c3)CC(C)O4)on2)cc1OC. The molecule has 1 aliphatic rings. The minimum absolute atomic E-state index is 0.192. The highest BCUT2D eigenvalue weighted by molar-refractivity contribution is 5.91. The first-order valence-corrected chi connectivity index (χ1v) is 9.99. The lowest BCUT2D eigenvalue weighted by Crippen LogP contribution is -2.20. The van der Waals surface area contributed by atoms with Crippen LogP contribution in [-0.2, 0) is 17.8 Å². The Morgan fingerprint density at radius 2 is 2.00 bits per heavy atom. The molecular formula is C24H24N2O5. The van der Waals surface area contributed by atoms with Gasteiger partial charge in [-0.3, -0.25) is 4.79 Å². The average molecular weight is 420 g/mol. The van der Waals surface area contributed by atoms with Crippen LogP contribution in [0.1, 0.15) is 23.7 Å². The number of carbonyl (C=O) groups excluding carboxylic acids is 1. The maximum absolute atomic E-state index is 12.2. The number of methoxy groups -OCH3 is 2. The van der Waals surface area contributed by atoms with Gasteiger partial charge >= 0.3 is 0 Å². The van der Waals surface area contributed by atoms with Crippen LogP contribution in [0.15, 0.2) is 53.1 Å². The zero-order valence-electron chi connectivity index (χ0n) is 17.7. The first-order valence-electron chi connectivity index (χ1n) is 9.99. The number of aromatic nitrogens is 1. The van der Waals surface area contributed by atoms with Crippen LogP contribution in [0.4, 0.5) is 0 Å². The van der Waals surface area contributed by atoms with Gasteiger partial charge in [-0.2, -0.15) is 0 Å². The predicted octanol–water partition coefficient (Wildman–Crippen LogP) is 4.01. The Morgan fingerprint density at radius 3 is 2.81 bits per heavy atom. The van der Waals surface area contributed by atoms with Crippen LogP contribution >= 0.6 is 0 Å². The summed E-state index contributed by atoms with van der Waals surface area (Å²) in [6.07, 6.45) is 4.24. The molecule has 1 aliphatic heterocycles. The van der Waals surface area contributed by atoms with E-state index >= 15 is 0 Å². The summed E-state index contributed by atoms with van der Waals surface area (Å²) in [5.74, 6) is 2.59. The van der Waals surface area contributed by atoms with Gasteiger partial charge in [0.05, 0.1) is 20.8 Å². The number of hydrogen-bond donors (Lipinski definition) is 1. The molecule has 2 aromatic carbocycles. The second-order valence-electron chi connectivity index (χ2n) is 7.30. The number of benzene rings is 2. The number of hydrogen-bond acceptors (Lipinski definition) is 6. The molecule has 0 saturated heterocycles. The summed E-state index contributed by atoms with van der Waals surface area (Å²) in [5, 5.41) is 6.87. The monoisotopic (exact) mass is 420 g/mol.